The molecule has 1 fully saturated rings. The third kappa shape index (κ3) is 1.95. The number of carbonyl (C=O) groups excluding carboxylic acids is 1. The number of rotatable bonds is 2. The van der Waals surface area contributed by atoms with Crippen molar-refractivity contribution in [1.29, 1.82) is 0 Å². The van der Waals surface area contributed by atoms with Gasteiger partial charge in [-0.05, 0) is 24.5 Å². The van der Waals surface area contributed by atoms with Crippen LogP contribution in [0.3, 0.4) is 0 Å². The van der Waals surface area contributed by atoms with Crippen molar-refractivity contribution in [2.24, 2.45) is 5.92 Å². The van der Waals surface area contributed by atoms with Crippen molar-refractivity contribution < 1.29 is 9.90 Å². The summed E-state index contributed by atoms with van der Waals surface area (Å²) in [7, 11) is 0. The predicted octanol–water partition coefficient (Wildman–Crippen LogP) is 1.53. The minimum Gasteiger partial charge on any atom is -0.394 e. The van der Waals surface area contributed by atoms with Gasteiger partial charge in [-0.15, -0.1) is 0 Å². The molecule has 2 atom stereocenters. The Morgan fingerprint density at radius 3 is 2.75 bits per heavy atom. The highest BCUT2D eigenvalue weighted by Gasteiger charge is 2.33. The van der Waals surface area contributed by atoms with E-state index in [4.69, 9.17) is 0 Å². The summed E-state index contributed by atoms with van der Waals surface area (Å²) in [4.78, 5) is 14.0. The lowest BCUT2D eigenvalue weighted by Crippen LogP contribution is -2.39. The Balaban J connectivity index is 2.17. The number of carbonyl (C=O) groups is 1. The van der Waals surface area contributed by atoms with Crippen LogP contribution in [0.2, 0.25) is 0 Å². The highest BCUT2D eigenvalue weighted by Crippen LogP contribution is 2.25. The molecule has 1 N–H and O–H groups in total. The Labute approximate surface area is 95.7 Å². The fraction of sp³-hybridized carbons (Fsp3) is 0.462. The van der Waals surface area contributed by atoms with Crippen molar-refractivity contribution in [1.82, 2.24) is 4.90 Å². The van der Waals surface area contributed by atoms with Crippen molar-refractivity contribution in [3.8, 4) is 0 Å². The number of amides is 1. The van der Waals surface area contributed by atoms with E-state index in [1.165, 1.54) is 0 Å². The van der Waals surface area contributed by atoms with Gasteiger partial charge in [0.2, 0.25) is 0 Å². The Morgan fingerprint density at radius 2 is 2.12 bits per heavy atom. The van der Waals surface area contributed by atoms with Gasteiger partial charge in [-0.2, -0.15) is 0 Å². The van der Waals surface area contributed by atoms with Gasteiger partial charge in [-0.25, -0.2) is 0 Å². The molecule has 0 unspecified atom stereocenters. The molecule has 1 aliphatic rings. The Hall–Kier alpha value is -1.35. The zero-order chi connectivity index (χ0) is 11.5. The first-order chi connectivity index (χ1) is 7.74. The molecule has 3 nitrogen and oxygen atoms in total. The summed E-state index contributed by atoms with van der Waals surface area (Å²) in [5, 5.41) is 9.31. The normalized spacial score (nSPS) is 24.8. The van der Waals surface area contributed by atoms with E-state index >= 15 is 0 Å². The van der Waals surface area contributed by atoms with Gasteiger partial charge < -0.3 is 10.0 Å². The van der Waals surface area contributed by atoms with Crippen LogP contribution >= 0.6 is 0 Å². The second kappa shape index (κ2) is 4.66. The molecule has 0 aliphatic carbocycles. The van der Waals surface area contributed by atoms with Gasteiger partial charge in [-0.3, -0.25) is 4.79 Å². The number of hydrogen-bond acceptors (Lipinski definition) is 2. The fourth-order valence-corrected chi connectivity index (χ4v) is 2.29. The van der Waals surface area contributed by atoms with Crippen LogP contribution in [0.25, 0.3) is 0 Å². The molecule has 16 heavy (non-hydrogen) atoms. The molecule has 0 aromatic heterocycles. The maximum atomic E-state index is 12.2. The fourth-order valence-electron chi connectivity index (χ4n) is 2.29. The lowest BCUT2D eigenvalue weighted by Gasteiger charge is -2.25. The zero-order valence-electron chi connectivity index (χ0n) is 9.47. The topological polar surface area (TPSA) is 40.5 Å². The van der Waals surface area contributed by atoms with Crippen LogP contribution in [-0.2, 0) is 0 Å². The smallest absolute Gasteiger partial charge is 0.254 e. The van der Waals surface area contributed by atoms with Crippen molar-refractivity contribution >= 4 is 5.91 Å². The van der Waals surface area contributed by atoms with E-state index < -0.39 is 0 Å². The second-order valence-electron chi connectivity index (χ2n) is 4.38. The summed E-state index contributed by atoms with van der Waals surface area (Å²) >= 11 is 0. The summed E-state index contributed by atoms with van der Waals surface area (Å²) in [5.41, 5.74) is 0.704. The highest BCUT2D eigenvalue weighted by molar-refractivity contribution is 5.94. The van der Waals surface area contributed by atoms with E-state index in [0.29, 0.717) is 11.5 Å². The Bertz CT molecular complexity index is 363. The number of hydrogen-bond donors (Lipinski definition) is 1. The average molecular weight is 219 g/mol. The van der Waals surface area contributed by atoms with Gasteiger partial charge in [0.25, 0.3) is 5.91 Å². The number of benzene rings is 1. The summed E-state index contributed by atoms with van der Waals surface area (Å²) in [6.45, 7) is 2.89. The van der Waals surface area contributed by atoms with Crippen LogP contribution in [0, 0.1) is 5.92 Å². The summed E-state index contributed by atoms with van der Waals surface area (Å²) in [6.07, 6.45) is 0.976. The molecule has 1 aromatic carbocycles. The first-order valence-corrected chi connectivity index (χ1v) is 5.71. The Kier molecular flexibility index (Phi) is 3.25. The first-order valence-electron chi connectivity index (χ1n) is 5.71. The van der Waals surface area contributed by atoms with Gasteiger partial charge in [0.1, 0.15) is 0 Å². The molecule has 1 heterocycles. The maximum absolute atomic E-state index is 12.2. The Morgan fingerprint density at radius 1 is 1.44 bits per heavy atom. The van der Waals surface area contributed by atoms with Gasteiger partial charge in [-0.1, -0.05) is 25.1 Å². The van der Waals surface area contributed by atoms with E-state index in [-0.39, 0.29) is 18.6 Å². The molecule has 86 valence electrons. The minimum absolute atomic E-state index is 0.0206. The summed E-state index contributed by atoms with van der Waals surface area (Å²) in [5.74, 6) is 0.418. The van der Waals surface area contributed by atoms with Crippen LogP contribution in [0.4, 0.5) is 0 Å². The quantitative estimate of drug-likeness (QED) is 0.819. The monoisotopic (exact) mass is 219 g/mol. The molecule has 1 amide bonds. The SMILES string of the molecule is C[C@@H]1CCN(C(=O)c2ccccc2)[C@@H]1CO. The van der Waals surface area contributed by atoms with Crippen molar-refractivity contribution in [2.75, 3.05) is 13.2 Å². The second-order valence-corrected chi connectivity index (χ2v) is 4.38. The number of aliphatic hydroxyl groups excluding tert-OH is 1. The average Bonchev–Trinajstić information content (AvgIpc) is 2.70. The molecule has 1 aliphatic heterocycles. The molecule has 0 spiro atoms. The molecule has 2 rings (SSSR count). The van der Waals surface area contributed by atoms with Crippen LogP contribution < -0.4 is 0 Å². The lowest BCUT2D eigenvalue weighted by atomic mass is 10.0. The minimum atomic E-state index is -0.0206. The molecule has 0 saturated carbocycles. The zero-order valence-corrected chi connectivity index (χ0v) is 9.47. The first kappa shape index (κ1) is 11.1. The molecular weight excluding hydrogens is 202 g/mol. The lowest BCUT2D eigenvalue weighted by molar-refractivity contribution is 0.0648. The van der Waals surface area contributed by atoms with Gasteiger partial charge in [0.15, 0.2) is 0 Å². The standard InChI is InChI=1S/C13H17NO2/c1-10-7-8-14(12(10)9-15)13(16)11-5-3-2-4-6-11/h2-6,10,12,15H,7-9H2,1H3/t10-,12-/m1/s1. The van der Waals surface area contributed by atoms with Crippen molar-refractivity contribution in [2.45, 2.75) is 19.4 Å². The molecular formula is C13H17NO2. The molecule has 1 saturated heterocycles. The maximum Gasteiger partial charge on any atom is 0.254 e. The predicted molar refractivity (Wildman–Crippen MR) is 62.1 cm³/mol. The molecule has 3 heteroatoms. The third-order valence-corrected chi connectivity index (χ3v) is 3.35. The van der Waals surface area contributed by atoms with E-state index in [9.17, 15) is 9.90 Å². The van der Waals surface area contributed by atoms with Crippen LogP contribution in [0.5, 0.6) is 0 Å². The van der Waals surface area contributed by atoms with E-state index in [0.717, 1.165) is 13.0 Å². The van der Waals surface area contributed by atoms with Crippen LogP contribution in [0.1, 0.15) is 23.7 Å². The summed E-state index contributed by atoms with van der Waals surface area (Å²) < 4.78 is 0. The van der Waals surface area contributed by atoms with Gasteiger partial charge in [0, 0.05) is 12.1 Å². The van der Waals surface area contributed by atoms with E-state index in [1.54, 1.807) is 4.90 Å². The van der Waals surface area contributed by atoms with Gasteiger partial charge in [0.05, 0.1) is 12.6 Å². The van der Waals surface area contributed by atoms with Crippen molar-refractivity contribution in [3.63, 3.8) is 0 Å². The molecule has 0 bridgehead atoms. The highest BCUT2D eigenvalue weighted by atomic mass is 16.3. The molecule has 1 aromatic rings. The van der Waals surface area contributed by atoms with E-state index in [2.05, 4.69) is 6.92 Å². The van der Waals surface area contributed by atoms with Crippen LogP contribution in [-0.4, -0.2) is 35.1 Å². The third-order valence-electron chi connectivity index (χ3n) is 3.35. The number of likely N-dealkylation sites (tertiary alicyclic amines) is 1. The molecule has 0 radical (unpaired) electrons. The summed E-state index contributed by atoms with van der Waals surface area (Å²) in [6, 6.07) is 9.24. The van der Waals surface area contributed by atoms with Crippen molar-refractivity contribution in [3.05, 3.63) is 35.9 Å². The van der Waals surface area contributed by atoms with Crippen LogP contribution in [0.15, 0.2) is 30.3 Å². The van der Waals surface area contributed by atoms with E-state index in [1.807, 2.05) is 30.3 Å². The largest absolute Gasteiger partial charge is 0.394 e. The number of nitrogens with zero attached hydrogens (tertiary/aromatic N) is 1. The van der Waals surface area contributed by atoms with Gasteiger partial charge >= 0.3 is 0 Å². The number of aliphatic hydroxyl groups is 1.